The van der Waals surface area contributed by atoms with Crippen molar-refractivity contribution < 1.29 is 32.3 Å². The number of nitrogens with zero attached hydrogens (tertiary/aromatic N) is 3. The minimum atomic E-state index is -3.84. The van der Waals surface area contributed by atoms with Gasteiger partial charge in [0.2, 0.25) is 21.8 Å². The number of hydrogen-bond donors (Lipinski definition) is 2. The average molecular weight is 750 g/mol. The van der Waals surface area contributed by atoms with Crippen LogP contribution in [0.1, 0.15) is 83.4 Å². The largest absolute Gasteiger partial charge is 0.496 e. The quantitative estimate of drug-likeness (QED) is 0.236. The zero-order valence-corrected chi connectivity index (χ0v) is 32.1. The van der Waals surface area contributed by atoms with Crippen molar-refractivity contribution in [2.24, 2.45) is 17.8 Å². The van der Waals surface area contributed by atoms with Crippen molar-refractivity contribution in [2.45, 2.75) is 108 Å². The zero-order valence-electron chi connectivity index (χ0n) is 30.5. The Bertz CT molecular complexity index is 2060. The first kappa shape index (κ1) is 36.3. The molecule has 3 amide bonds. The molecule has 2 N–H and O–H groups in total. The van der Waals surface area contributed by atoms with Gasteiger partial charge in [0.1, 0.15) is 39.9 Å². The molecule has 6 atom stereocenters. The number of sulfonamides is 1. The molecule has 0 unspecified atom stereocenters. The Hall–Kier alpha value is -4.04. The number of ether oxygens (including phenoxy) is 2. The van der Waals surface area contributed by atoms with Gasteiger partial charge in [-0.3, -0.25) is 19.1 Å². The lowest BCUT2D eigenvalue weighted by molar-refractivity contribution is -0.149. The molecule has 2 aromatic heterocycles. The molecule has 0 bridgehead atoms. The third kappa shape index (κ3) is 6.35. The van der Waals surface area contributed by atoms with E-state index < -0.39 is 56.7 Å². The smallest absolute Gasteiger partial charge is 0.259 e. The van der Waals surface area contributed by atoms with E-state index in [1.807, 2.05) is 44.4 Å². The van der Waals surface area contributed by atoms with Gasteiger partial charge >= 0.3 is 0 Å². The molecule has 0 spiro atoms. The molecule has 2 aliphatic carbocycles. The highest BCUT2D eigenvalue weighted by Crippen LogP contribution is 2.47. The topological polar surface area (TPSA) is 157 Å². The Balaban J connectivity index is 1.23. The number of carbonyl (C=O) groups is 3. The highest BCUT2D eigenvalue weighted by atomic mass is 32.2. The lowest BCUT2D eigenvalue weighted by Crippen LogP contribution is -2.59. The van der Waals surface area contributed by atoms with Gasteiger partial charge in [0.25, 0.3) is 5.91 Å². The highest BCUT2D eigenvalue weighted by Gasteiger charge is 2.62. The first-order valence-corrected chi connectivity index (χ1v) is 20.5. The maximum Gasteiger partial charge on any atom is 0.259 e. The van der Waals surface area contributed by atoms with Crippen LogP contribution in [0.3, 0.4) is 0 Å². The van der Waals surface area contributed by atoms with Gasteiger partial charge in [-0.1, -0.05) is 33.8 Å². The van der Waals surface area contributed by atoms with E-state index in [4.69, 9.17) is 19.4 Å². The molecule has 278 valence electrons. The molecule has 7 rings (SSSR count). The fourth-order valence-electron chi connectivity index (χ4n) is 7.85. The molecule has 3 aromatic rings. The van der Waals surface area contributed by atoms with Crippen LogP contribution in [-0.4, -0.2) is 77.1 Å². The summed E-state index contributed by atoms with van der Waals surface area (Å²) < 4.78 is 40.2. The van der Waals surface area contributed by atoms with Gasteiger partial charge < -0.3 is 19.7 Å². The number of rotatable bonds is 12. The van der Waals surface area contributed by atoms with E-state index >= 15 is 0 Å². The number of fused-ring (bicyclic) bond motifs is 2. The summed E-state index contributed by atoms with van der Waals surface area (Å²) in [5.41, 5.74) is 1.71. The number of hydrogen-bond acceptors (Lipinski definition) is 10. The van der Waals surface area contributed by atoms with Crippen molar-refractivity contribution in [3.63, 3.8) is 0 Å². The molecular weight excluding hydrogens is 703 g/mol. The van der Waals surface area contributed by atoms with Gasteiger partial charge in [-0.05, 0) is 63.0 Å². The first-order valence-electron chi connectivity index (χ1n) is 18.1. The van der Waals surface area contributed by atoms with Crippen molar-refractivity contribution in [3.05, 3.63) is 47.5 Å². The Labute approximate surface area is 308 Å². The van der Waals surface area contributed by atoms with Crippen molar-refractivity contribution in [2.75, 3.05) is 7.11 Å². The van der Waals surface area contributed by atoms with E-state index in [1.54, 1.807) is 18.1 Å². The maximum atomic E-state index is 14.3. The number of methoxy groups -OCH3 is 1. The fraction of sp³-hybridized carbons (Fsp3) is 0.553. The van der Waals surface area contributed by atoms with Crippen molar-refractivity contribution in [1.82, 2.24) is 24.9 Å². The number of aromatic nitrogens is 2. The fourth-order valence-corrected chi connectivity index (χ4v) is 10.1. The number of nitrogens with one attached hydrogen (secondary N) is 2. The van der Waals surface area contributed by atoms with Crippen LogP contribution in [0.2, 0.25) is 0 Å². The van der Waals surface area contributed by atoms with E-state index in [-0.39, 0.29) is 36.5 Å². The van der Waals surface area contributed by atoms with Gasteiger partial charge in [0.15, 0.2) is 0 Å². The van der Waals surface area contributed by atoms with Crippen LogP contribution in [-0.2, 0) is 24.4 Å². The summed E-state index contributed by atoms with van der Waals surface area (Å²) in [4.78, 5) is 53.5. The van der Waals surface area contributed by atoms with Crippen LogP contribution in [0.5, 0.6) is 11.5 Å². The second-order valence-corrected chi connectivity index (χ2v) is 18.2. The standard InChI is InChI=1S/C38H47N5O7S2/c1-8-22-17-38(22,37(46)42-52(47,48)23-9-10-23)41-34(44)29-16-32(28-13-11-24(19(2)3)36(45)43(28)29)50-31-15-26(35-40-27(18-51-35)20(4)5)39-33-21(6)30(49-7)14-12-25(31)33/h8,12,14-15,18-20,22-24,28-29,32H,1,9-11,13,16-17H2,2-7H3,(H,41,44)(H,42,46)/t22-,24-,28-,29+,32-,38-/m1/s1. The number of thiazole rings is 1. The number of carbonyl (C=O) groups excluding carboxylic acids is 3. The van der Waals surface area contributed by atoms with E-state index in [1.165, 1.54) is 11.3 Å². The van der Waals surface area contributed by atoms with Crippen LogP contribution in [0.25, 0.3) is 21.6 Å². The number of amides is 3. The lowest BCUT2D eigenvalue weighted by Gasteiger charge is -2.40. The predicted molar refractivity (Wildman–Crippen MR) is 199 cm³/mol. The summed E-state index contributed by atoms with van der Waals surface area (Å²) in [5.74, 6) is -0.548. The van der Waals surface area contributed by atoms with Gasteiger partial charge in [0.05, 0.1) is 29.6 Å². The van der Waals surface area contributed by atoms with Crippen LogP contribution in [0, 0.1) is 24.7 Å². The molecule has 1 aromatic carbocycles. The predicted octanol–water partition coefficient (Wildman–Crippen LogP) is 5.25. The number of pyridine rings is 1. The molecule has 2 aliphatic heterocycles. The molecule has 52 heavy (non-hydrogen) atoms. The van der Waals surface area contributed by atoms with Gasteiger partial charge in [-0.2, -0.15) is 0 Å². The Morgan fingerprint density at radius 1 is 1.12 bits per heavy atom. The van der Waals surface area contributed by atoms with Crippen molar-refractivity contribution in [3.8, 4) is 22.2 Å². The Morgan fingerprint density at radius 2 is 1.87 bits per heavy atom. The normalized spacial score (nSPS) is 27.1. The monoisotopic (exact) mass is 749 g/mol. The number of piperidine rings is 1. The minimum Gasteiger partial charge on any atom is -0.496 e. The van der Waals surface area contributed by atoms with E-state index in [0.717, 1.165) is 21.7 Å². The molecule has 0 radical (unpaired) electrons. The highest BCUT2D eigenvalue weighted by molar-refractivity contribution is 7.91. The summed E-state index contributed by atoms with van der Waals surface area (Å²) in [7, 11) is -2.22. The second kappa shape index (κ2) is 13.4. The molecule has 2 saturated heterocycles. The van der Waals surface area contributed by atoms with Crippen LogP contribution < -0.4 is 19.5 Å². The number of benzene rings is 1. The van der Waals surface area contributed by atoms with E-state index in [0.29, 0.717) is 48.4 Å². The molecule has 14 heteroatoms. The molecular formula is C38H47N5O7S2. The van der Waals surface area contributed by atoms with Gasteiger partial charge in [-0.15, -0.1) is 17.9 Å². The molecule has 4 fully saturated rings. The van der Waals surface area contributed by atoms with Gasteiger partial charge in [-0.25, -0.2) is 18.4 Å². The SMILES string of the molecule is C=C[C@@H]1C[C@]1(NC(=O)[C@@H]1C[C@@H](Oc2cc(-c3nc(C(C)C)cs3)nc3c(C)c(OC)ccc23)[C@H]2CC[C@H](C(C)C)C(=O)N21)C(=O)NS(=O)(=O)C1CC1. The Morgan fingerprint density at radius 3 is 2.48 bits per heavy atom. The van der Waals surface area contributed by atoms with E-state index in [9.17, 15) is 22.8 Å². The lowest BCUT2D eigenvalue weighted by atomic mass is 9.84. The molecule has 4 aliphatic rings. The van der Waals surface area contributed by atoms with Crippen molar-refractivity contribution in [1.29, 1.82) is 0 Å². The van der Waals surface area contributed by atoms with Gasteiger partial charge in [0, 0.05) is 40.7 Å². The first-order chi connectivity index (χ1) is 24.7. The maximum absolute atomic E-state index is 14.3. The third-order valence-corrected chi connectivity index (χ3v) is 14.0. The third-order valence-electron chi connectivity index (χ3n) is 11.3. The molecule has 2 saturated carbocycles. The minimum absolute atomic E-state index is 0.0640. The van der Waals surface area contributed by atoms with E-state index in [2.05, 4.69) is 30.5 Å². The van der Waals surface area contributed by atoms with Crippen molar-refractivity contribution >= 4 is 50.0 Å². The summed E-state index contributed by atoms with van der Waals surface area (Å²) in [6.45, 7) is 14.0. The zero-order chi connectivity index (χ0) is 37.3. The molecule has 4 heterocycles. The summed E-state index contributed by atoms with van der Waals surface area (Å²) >= 11 is 1.51. The molecule has 12 nitrogen and oxygen atoms in total. The second-order valence-electron chi connectivity index (χ2n) is 15.4. The average Bonchev–Trinajstić information content (AvgIpc) is 3.99. The summed E-state index contributed by atoms with van der Waals surface area (Å²) in [5, 5.41) is 5.86. The van der Waals surface area contributed by atoms with Crippen LogP contribution >= 0.6 is 11.3 Å². The van der Waals surface area contributed by atoms with Crippen LogP contribution in [0.15, 0.2) is 36.2 Å². The summed E-state index contributed by atoms with van der Waals surface area (Å²) in [6.07, 6.45) is 3.70. The number of aryl methyl sites for hydroxylation is 1. The van der Waals surface area contributed by atoms with Crippen LogP contribution in [0.4, 0.5) is 0 Å². The Kier molecular flexibility index (Phi) is 9.38. The summed E-state index contributed by atoms with van der Waals surface area (Å²) in [6, 6.07) is 4.34.